The average molecular weight is 397 g/mol. The minimum atomic E-state index is -4.01. The summed E-state index contributed by atoms with van der Waals surface area (Å²) in [5.41, 5.74) is 0.557. The van der Waals surface area contributed by atoms with Crippen molar-refractivity contribution in [1.82, 2.24) is 0 Å². The summed E-state index contributed by atoms with van der Waals surface area (Å²) >= 11 is 0. The summed E-state index contributed by atoms with van der Waals surface area (Å²) in [6.45, 7) is 0.523. The van der Waals surface area contributed by atoms with Gasteiger partial charge in [-0.2, -0.15) is 0 Å². The molecule has 0 saturated carbocycles. The molecule has 1 amide bonds. The van der Waals surface area contributed by atoms with Gasteiger partial charge in [0.2, 0.25) is 10.0 Å². The largest absolute Gasteiger partial charge is 0.447 e. The zero-order chi connectivity index (χ0) is 18.9. The molecule has 3 N–H and O–H groups in total. The third kappa shape index (κ3) is 3.64. The lowest BCUT2D eigenvalue weighted by molar-refractivity contribution is 0.181. The van der Waals surface area contributed by atoms with E-state index in [2.05, 4.69) is 4.72 Å². The number of benzene rings is 2. The highest BCUT2D eigenvalue weighted by Crippen LogP contribution is 2.30. The fraction of sp³-hybridized carbons (Fsp3) is 0.133. The molecule has 2 aromatic carbocycles. The van der Waals surface area contributed by atoms with Crippen LogP contribution in [-0.4, -0.2) is 36.1 Å². The van der Waals surface area contributed by atoms with Gasteiger partial charge in [-0.05, 0) is 36.4 Å². The molecule has 0 spiro atoms. The monoisotopic (exact) mass is 397 g/mol. The molecule has 1 aliphatic heterocycles. The number of nitrogens with one attached hydrogen (secondary N) is 1. The number of carbonyl (C=O) groups excluding carboxylic acids is 1. The topological polar surface area (TPSA) is 136 Å². The summed E-state index contributed by atoms with van der Waals surface area (Å²) in [5.74, 6) is 0. The van der Waals surface area contributed by atoms with Crippen molar-refractivity contribution in [3.05, 3.63) is 48.5 Å². The normalized spacial score (nSPS) is 15.0. The SMILES string of the molecule is NS(=O)(=O)c1ccc(S(=O)(=O)Nc2ccccc2N2CCOC2=O)cc1. The molecule has 0 aliphatic carbocycles. The second-order valence-electron chi connectivity index (χ2n) is 5.41. The Morgan fingerprint density at radius 2 is 1.58 bits per heavy atom. The van der Waals surface area contributed by atoms with E-state index >= 15 is 0 Å². The Morgan fingerprint density at radius 1 is 0.962 bits per heavy atom. The predicted molar refractivity (Wildman–Crippen MR) is 93.8 cm³/mol. The Balaban J connectivity index is 1.92. The highest BCUT2D eigenvalue weighted by Gasteiger charge is 2.27. The first-order chi connectivity index (χ1) is 12.2. The van der Waals surface area contributed by atoms with E-state index in [1.165, 1.54) is 11.0 Å². The Hall–Kier alpha value is -2.63. The molecule has 0 aromatic heterocycles. The highest BCUT2D eigenvalue weighted by atomic mass is 32.2. The van der Waals surface area contributed by atoms with Gasteiger partial charge >= 0.3 is 6.09 Å². The molecule has 9 nitrogen and oxygen atoms in total. The molecule has 1 aliphatic rings. The number of hydrogen-bond donors (Lipinski definition) is 2. The maximum Gasteiger partial charge on any atom is 0.414 e. The number of hydrogen-bond acceptors (Lipinski definition) is 6. The van der Waals surface area contributed by atoms with Gasteiger partial charge in [0.05, 0.1) is 27.7 Å². The number of rotatable bonds is 5. The molecule has 26 heavy (non-hydrogen) atoms. The number of cyclic esters (lactones) is 1. The van der Waals surface area contributed by atoms with Crippen LogP contribution in [-0.2, 0) is 24.8 Å². The van der Waals surface area contributed by atoms with E-state index in [1.54, 1.807) is 18.2 Å². The maximum atomic E-state index is 12.6. The number of primary sulfonamides is 1. The summed E-state index contributed by atoms with van der Waals surface area (Å²) in [7, 11) is -7.93. The number of nitrogens with zero attached hydrogens (tertiary/aromatic N) is 1. The second kappa shape index (κ2) is 6.59. The number of amides is 1. The zero-order valence-corrected chi connectivity index (χ0v) is 15.0. The maximum absolute atomic E-state index is 12.6. The summed E-state index contributed by atoms with van der Waals surface area (Å²) < 4.78 is 55.0. The molecule has 1 saturated heterocycles. The molecule has 1 heterocycles. The molecule has 3 rings (SSSR count). The van der Waals surface area contributed by atoms with Crippen molar-refractivity contribution in [2.75, 3.05) is 22.8 Å². The number of anilines is 2. The third-order valence-corrected chi connectivity index (χ3v) is 5.97. The van der Waals surface area contributed by atoms with Crippen molar-refractivity contribution in [3.8, 4) is 0 Å². The minimum Gasteiger partial charge on any atom is -0.447 e. The van der Waals surface area contributed by atoms with Crippen LogP contribution in [0.25, 0.3) is 0 Å². The van der Waals surface area contributed by atoms with Gasteiger partial charge in [-0.3, -0.25) is 9.62 Å². The van der Waals surface area contributed by atoms with Crippen LogP contribution in [0.5, 0.6) is 0 Å². The molecule has 0 bridgehead atoms. The number of carbonyl (C=O) groups is 1. The van der Waals surface area contributed by atoms with Crippen molar-refractivity contribution in [2.24, 2.45) is 5.14 Å². The quantitative estimate of drug-likeness (QED) is 0.775. The Morgan fingerprint density at radius 3 is 2.15 bits per heavy atom. The van der Waals surface area contributed by atoms with Crippen molar-refractivity contribution < 1.29 is 26.4 Å². The summed E-state index contributed by atoms with van der Waals surface area (Å²) in [5, 5.41) is 5.00. The van der Waals surface area contributed by atoms with Gasteiger partial charge < -0.3 is 4.74 Å². The number of nitrogens with two attached hydrogens (primary N) is 1. The first-order valence-electron chi connectivity index (χ1n) is 7.37. The van der Waals surface area contributed by atoms with E-state index in [-0.39, 0.29) is 22.1 Å². The lowest BCUT2D eigenvalue weighted by Gasteiger charge is -2.18. The van der Waals surface area contributed by atoms with Crippen molar-refractivity contribution >= 4 is 37.5 Å². The first kappa shape index (κ1) is 18.2. The lowest BCUT2D eigenvalue weighted by Crippen LogP contribution is -2.25. The Bertz CT molecular complexity index is 1050. The molecule has 2 aromatic rings. The van der Waals surface area contributed by atoms with Crippen LogP contribution in [0.3, 0.4) is 0 Å². The van der Waals surface area contributed by atoms with Gasteiger partial charge in [-0.1, -0.05) is 12.1 Å². The number of para-hydroxylation sites is 2. The van der Waals surface area contributed by atoms with E-state index in [4.69, 9.17) is 9.88 Å². The summed E-state index contributed by atoms with van der Waals surface area (Å²) in [6, 6.07) is 10.9. The van der Waals surface area contributed by atoms with E-state index < -0.39 is 26.1 Å². The number of sulfonamides is 2. The lowest BCUT2D eigenvalue weighted by atomic mass is 10.2. The van der Waals surface area contributed by atoms with E-state index in [0.717, 1.165) is 24.3 Å². The average Bonchev–Trinajstić information content (AvgIpc) is 3.00. The first-order valence-corrected chi connectivity index (χ1v) is 10.4. The van der Waals surface area contributed by atoms with Crippen LogP contribution in [0, 0.1) is 0 Å². The van der Waals surface area contributed by atoms with E-state index in [9.17, 15) is 21.6 Å². The summed E-state index contributed by atoms with van der Waals surface area (Å²) in [4.78, 5) is 12.7. The van der Waals surface area contributed by atoms with Crippen LogP contribution in [0.2, 0.25) is 0 Å². The second-order valence-corrected chi connectivity index (χ2v) is 8.65. The highest BCUT2D eigenvalue weighted by molar-refractivity contribution is 7.92. The van der Waals surface area contributed by atoms with Crippen molar-refractivity contribution in [1.29, 1.82) is 0 Å². The zero-order valence-electron chi connectivity index (χ0n) is 13.3. The standard InChI is InChI=1S/C15H15N3O6S2/c16-25(20,21)11-5-7-12(8-6-11)26(22,23)17-13-3-1-2-4-14(13)18-9-10-24-15(18)19/h1-8,17H,9-10H2,(H2,16,20,21). The molecule has 11 heteroatoms. The minimum absolute atomic E-state index is 0.149. The molecule has 138 valence electrons. The molecule has 0 radical (unpaired) electrons. The molecule has 0 atom stereocenters. The van der Waals surface area contributed by atoms with Gasteiger partial charge in [0, 0.05) is 0 Å². The molecule has 1 fully saturated rings. The third-order valence-electron chi connectivity index (χ3n) is 3.66. The fourth-order valence-corrected chi connectivity index (χ4v) is 4.01. The van der Waals surface area contributed by atoms with E-state index in [0.29, 0.717) is 12.2 Å². The Labute approximate surface area is 150 Å². The van der Waals surface area contributed by atoms with Crippen LogP contribution in [0.15, 0.2) is 58.3 Å². The number of ether oxygens (including phenoxy) is 1. The van der Waals surface area contributed by atoms with Crippen LogP contribution in [0.4, 0.5) is 16.2 Å². The summed E-state index contributed by atoms with van der Waals surface area (Å²) in [6.07, 6.45) is -0.561. The van der Waals surface area contributed by atoms with Gasteiger partial charge in [0.25, 0.3) is 10.0 Å². The fourth-order valence-electron chi connectivity index (χ4n) is 2.42. The smallest absolute Gasteiger partial charge is 0.414 e. The van der Waals surface area contributed by atoms with Crippen molar-refractivity contribution in [3.63, 3.8) is 0 Å². The van der Waals surface area contributed by atoms with E-state index in [1.807, 2.05) is 0 Å². The Kier molecular flexibility index (Phi) is 4.61. The van der Waals surface area contributed by atoms with Crippen LogP contribution < -0.4 is 14.8 Å². The predicted octanol–water partition coefficient (Wildman–Crippen LogP) is 1.09. The van der Waals surface area contributed by atoms with Gasteiger partial charge in [0.15, 0.2) is 0 Å². The molecule has 0 unspecified atom stereocenters. The van der Waals surface area contributed by atoms with Crippen molar-refractivity contribution in [2.45, 2.75) is 9.79 Å². The van der Waals surface area contributed by atoms with Gasteiger partial charge in [0.1, 0.15) is 6.61 Å². The van der Waals surface area contributed by atoms with Gasteiger partial charge in [-0.25, -0.2) is 26.8 Å². The van der Waals surface area contributed by atoms with Gasteiger partial charge in [-0.15, -0.1) is 0 Å². The van der Waals surface area contributed by atoms with Crippen LogP contribution in [0.1, 0.15) is 0 Å². The molecular formula is C15H15N3O6S2. The van der Waals surface area contributed by atoms with Crippen LogP contribution >= 0.6 is 0 Å². The molecular weight excluding hydrogens is 382 g/mol.